The van der Waals surface area contributed by atoms with E-state index in [2.05, 4.69) is 10.6 Å². The molecule has 0 aliphatic carbocycles. The number of hydrogen-bond acceptors (Lipinski definition) is 6. The maximum Gasteiger partial charge on any atom is 0.408 e. The highest BCUT2D eigenvalue weighted by Gasteiger charge is 2.38. The molecule has 1 aliphatic rings. The van der Waals surface area contributed by atoms with E-state index >= 15 is 0 Å². The lowest BCUT2D eigenvalue weighted by atomic mass is 10.0. The number of amides is 4. The van der Waals surface area contributed by atoms with Crippen LogP contribution < -0.4 is 21.1 Å². The Morgan fingerprint density at radius 1 is 1.03 bits per heavy atom. The van der Waals surface area contributed by atoms with E-state index in [0.717, 1.165) is 11.1 Å². The summed E-state index contributed by atoms with van der Waals surface area (Å²) in [5.74, 6) is -0.858. The minimum atomic E-state index is -0.967. The molecule has 0 saturated carbocycles. The summed E-state index contributed by atoms with van der Waals surface area (Å²) in [6.07, 6.45) is 0.520. The number of rotatable bonds is 10. The van der Waals surface area contributed by atoms with Gasteiger partial charge in [-0.2, -0.15) is 0 Å². The third kappa shape index (κ3) is 8.79. The Balaban J connectivity index is 1.71. The van der Waals surface area contributed by atoms with Crippen molar-refractivity contribution in [1.29, 1.82) is 0 Å². The highest BCUT2D eigenvalue weighted by molar-refractivity contribution is 5.93. The summed E-state index contributed by atoms with van der Waals surface area (Å²) in [5.41, 5.74) is 6.22. The minimum absolute atomic E-state index is 0.184. The quantitative estimate of drug-likeness (QED) is 0.436. The van der Waals surface area contributed by atoms with E-state index < -0.39 is 41.5 Å². The molecule has 4 amide bonds. The summed E-state index contributed by atoms with van der Waals surface area (Å²) in [6, 6.07) is 15.4. The third-order valence-corrected chi connectivity index (χ3v) is 5.88. The van der Waals surface area contributed by atoms with Gasteiger partial charge >= 0.3 is 6.09 Å². The van der Waals surface area contributed by atoms with Gasteiger partial charge in [0, 0.05) is 13.0 Å². The summed E-state index contributed by atoms with van der Waals surface area (Å²) in [4.78, 5) is 51.3. The number of benzene rings is 2. The average Bonchev–Trinajstić information content (AvgIpc) is 3.35. The number of primary amides is 1. The maximum absolute atomic E-state index is 13.6. The number of ether oxygens (including phenoxy) is 2. The summed E-state index contributed by atoms with van der Waals surface area (Å²) in [7, 11) is 0. The van der Waals surface area contributed by atoms with E-state index in [1.54, 1.807) is 20.8 Å². The van der Waals surface area contributed by atoms with Crippen molar-refractivity contribution in [3.63, 3.8) is 0 Å². The van der Waals surface area contributed by atoms with Crippen LogP contribution >= 0.6 is 0 Å². The van der Waals surface area contributed by atoms with Gasteiger partial charge in [-0.05, 0) is 56.9 Å². The van der Waals surface area contributed by atoms with Gasteiger partial charge in [0.25, 0.3) is 0 Å². The zero-order valence-electron chi connectivity index (χ0n) is 22.1. The summed E-state index contributed by atoms with van der Waals surface area (Å²) in [6.45, 7) is 5.67. The van der Waals surface area contributed by atoms with Crippen LogP contribution in [0.1, 0.15) is 44.7 Å². The van der Waals surface area contributed by atoms with E-state index in [1.165, 1.54) is 4.90 Å². The number of nitrogens with zero attached hydrogens (tertiary/aromatic N) is 1. The molecule has 4 N–H and O–H groups in total. The van der Waals surface area contributed by atoms with Crippen LogP contribution in [0.4, 0.5) is 4.79 Å². The first-order valence-electron chi connectivity index (χ1n) is 12.6. The van der Waals surface area contributed by atoms with Crippen molar-refractivity contribution in [2.75, 3.05) is 13.1 Å². The number of nitrogens with two attached hydrogens (primary N) is 1. The smallest absolute Gasteiger partial charge is 0.408 e. The molecule has 0 radical (unpaired) electrons. The van der Waals surface area contributed by atoms with E-state index in [9.17, 15) is 19.2 Å². The molecule has 10 nitrogen and oxygen atoms in total. The monoisotopic (exact) mass is 524 g/mol. The van der Waals surface area contributed by atoms with Crippen molar-refractivity contribution < 1.29 is 28.7 Å². The average molecular weight is 525 g/mol. The van der Waals surface area contributed by atoms with Crippen LogP contribution in [0.15, 0.2) is 54.6 Å². The molecule has 2 aromatic carbocycles. The standard InChI is InChI=1S/C28H36N4O6/c1-28(2,3)38-27(36)31-22(26(35)32-15-7-10-23(32)25(34)30-17-24(29)33)16-19-11-13-21(14-12-19)37-18-20-8-5-4-6-9-20/h4-6,8-9,11-14,22-23H,7,10,15-18H2,1-3H3,(H2,29,33)(H,30,34)(H,31,36). The molecular formula is C28H36N4O6. The Kier molecular flexibility index (Phi) is 9.70. The summed E-state index contributed by atoms with van der Waals surface area (Å²) >= 11 is 0. The number of alkyl carbamates (subject to hydrolysis) is 1. The van der Waals surface area contributed by atoms with Gasteiger partial charge in [0.2, 0.25) is 17.7 Å². The second-order valence-corrected chi connectivity index (χ2v) is 10.2. The fourth-order valence-corrected chi connectivity index (χ4v) is 4.14. The van der Waals surface area contributed by atoms with Crippen molar-refractivity contribution in [2.45, 2.75) is 64.3 Å². The number of hydrogen-bond donors (Lipinski definition) is 3. The van der Waals surface area contributed by atoms with Crippen LogP contribution in [0.5, 0.6) is 5.75 Å². The molecule has 38 heavy (non-hydrogen) atoms. The Bertz CT molecular complexity index is 1110. The summed E-state index contributed by atoms with van der Waals surface area (Å²) < 4.78 is 11.2. The Morgan fingerprint density at radius 2 is 1.71 bits per heavy atom. The molecule has 0 spiro atoms. The molecule has 204 valence electrons. The molecule has 0 aromatic heterocycles. The van der Waals surface area contributed by atoms with Gasteiger partial charge in [-0.25, -0.2) is 4.79 Å². The highest BCUT2D eigenvalue weighted by Crippen LogP contribution is 2.21. The lowest BCUT2D eigenvalue weighted by Crippen LogP contribution is -2.55. The lowest BCUT2D eigenvalue weighted by molar-refractivity contribution is -0.140. The van der Waals surface area contributed by atoms with E-state index in [0.29, 0.717) is 31.7 Å². The molecule has 1 fully saturated rings. The van der Waals surface area contributed by atoms with Crippen molar-refractivity contribution >= 4 is 23.8 Å². The number of likely N-dealkylation sites (tertiary alicyclic amines) is 1. The fourth-order valence-electron chi connectivity index (χ4n) is 4.14. The highest BCUT2D eigenvalue weighted by atomic mass is 16.6. The van der Waals surface area contributed by atoms with Crippen LogP contribution in [0, 0.1) is 0 Å². The zero-order valence-corrected chi connectivity index (χ0v) is 22.1. The maximum atomic E-state index is 13.6. The Morgan fingerprint density at radius 3 is 2.34 bits per heavy atom. The first kappa shape index (κ1) is 28.5. The van der Waals surface area contributed by atoms with Crippen molar-refractivity contribution in [3.05, 3.63) is 65.7 Å². The van der Waals surface area contributed by atoms with Gasteiger partial charge in [-0.3, -0.25) is 14.4 Å². The second-order valence-electron chi connectivity index (χ2n) is 10.2. The van der Waals surface area contributed by atoms with Gasteiger partial charge in [0.05, 0.1) is 6.54 Å². The normalized spacial score (nSPS) is 15.9. The van der Waals surface area contributed by atoms with Crippen molar-refractivity contribution in [3.8, 4) is 5.75 Å². The second kappa shape index (κ2) is 12.9. The molecule has 2 unspecified atom stereocenters. The van der Waals surface area contributed by atoms with E-state index in [-0.39, 0.29) is 13.0 Å². The molecule has 1 heterocycles. The predicted molar refractivity (Wildman–Crippen MR) is 141 cm³/mol. The van der Waals surface area contributed by atoms with Crippen LogP contribution in [0.2, 0.25) is 0 Å². The number of carbonyl (C=O) groups excluding carboxylic acids is 4. The first-order chi connectivity index (χ1) is 18.0. The van der Waals surface area contributed by atoms with Gasteiger partial charge < -0.3 is 30.7 Å². The number of nitrogens with one attached hydrogen (secondary N) is 2. The topological polar surface area (TPSA) is 140 Å². The molecule has 1 aliphatic heterocycles. The third-order valence-electron chi connectivity index (χ3n) is 5.88. The van der Waals surface area contributed by atoms with Crippen LogP contribution in [-0.2, 0) is 32.1 Å². The molecule has 3 rings (SSSR count). The van der Waals surface area contributed by atoms with Crippen molar-refractivity contribution in [2.24, 2.45) is 5.73 Å². The van der Waals surface area contributed by atoms with Crippen LogP contribution in [0.25, 0.3) is 0 Å². The van der Waals surface area contributed by atoms with Crippen molar-refractivity contribution in [1.82, 2.24) is 15.5 Å². The predicted octanol–water partition coefficient (Wildman–Crippen LogP) is 2.29. The molecular weight excluding hydrogens is 488 g/mol. The van der Waals surface area contributed by atoms with Gasteiger partial charge in [-0.15, -0.1) is 0 Å². The zero-order chi connectivity index (χ0) is 27.7. The van der Waals surface area contributed by atoms with E-state index in [1.807, 2.05) is 54.6 Å². The van der Waals surface area contributed by atoms with Crippen LogP contribution in [0.3, 0.4) is 0 Å². The Hall–Kier alpha value is -4.08. The Labute approximate surface area is 222 Å². The SMILES string of the molecule is CC(C)(C)OC(=O)NC(Cc1ccc(OCc2ccccc2)cc1)C(=O)N1CCCC1C(=O)NCC(N)=O. The van der Waals surface area contributed by atoms with Gasteiger partial charge in [-0.1, -0.05) is 42.5 Å². The molecule has 2 aromatic rings. The first-order valence-corrected chi connectivity index (χ1v) is 12.6. The summed E-state index contributed by atoms with van der Waals surface area (Å²) in [5, 5.41) is 5.15. The molecule has 10 heteroatoms. The molecule has 2 atom stereocenters. The minimum Gasteiger partial charge on any atom is -0.489 e. The lowest BCUT2D eigenvalue weighted by Gasteiger charge is -2.29. The van der Waals surface area contributed by atoms with Gasteiger partial charge in [0.1, 0.15) is 30.0 Å². The molecule has 1 saturated heterocycles. The fraction of sp³-hybridized carbons (Fsp3) is 0.429. The number of carbonyl (C=O) groups is 4. The van der Waals surface area contributed by atoms with Crippen LogP contribution in [-0.4, -0.2) is 59.5 Å². The van der Waals surface area contributed by atoms with Gasteiger partial charge in [0.15, 0.2) is 0 Å². The van der Waals surface area contributed by atoms with E-state index in [4.69, 9.17) is 15.2 Å². The largest absolute Gasteiger partial charge is 0.489 e. The molecule has 0 bridgehead atoms.